The van der Waals surface area contributed by atoms with Gasteiger partial charge in [0.2, 0.25) is 0 Å². The van der Waals surface area contributed by atoms with Crippen molar-refractivity contribution in [1.29, 1.82) is 5.26 Å². The van der Waals surface area contributed by atoms with E-state index >= 15 is 0 Å². The molecule has 0 amide bonds. The van der Waals surface area contributed by atoms with Crippen molar-refractivity contribution in [3.05, 3.63) is 80.3 Å². The zero-order valence-electron chi connectivity index (χ0n) is 13.1. The quantitative estimate of drug-likeness (QED) is 0.757. The average Bonchev–Trinajstić information content (AvgIpc) is 3.43. The number of aromatic amines is 2. The van der Waals surface area contributed by atoms with E-state index in [4.69, 9.17) is 0 Å². The molecule has 1 aromatic carbocycles. The summed E-state index contributed by atoms with van der Waals surface area (Å²) in [6, 6.07) is 13.9. The summed E-state index contributed by atoms with van der Waals surface area (Å²) in [5, 5.41) is 17.3. The number of nitrogens with zero attached hydrogens (tertiary/aromatic N) is 3. The first kappa shape index (κ1) is 15.0. The molecule has 1 saturated carbocycles. The summed E-state index contributed by atoms with van der Waals surface area (Å²) in [6.07, 6.45) is 2.23. The van der Waals surface area contributed by atoms with Crippen LogP contribution >= 0.6 is 0 Å². The van der Waals surface area contributed by atoms with Gasteiger partial charge in [0.05, 0.1) is 5.56 Å². The third kappa shape index (κ3) is 2.74. The Morgan fingerprint density at radius 2 is 1.92 bits per heavy atom. The third-order valence-corrected chi connectivity index (χ3v) is 4.44. The van der Waals surface area contributed by atoms with Crippen LogP contribution in [-0.4, -0.2) is 20.2 Å². The molecule has 7 nitrogen and oxygen atoms in total. The van der Waals surface area contributed by atoms with Crippen LogP contribution in [-0.2, 0) is 0 Å². The third-order valence-electron chi connectivity index (χ3n) is 4.44. The van der Waals surface area contributed by atoms with Gasteiger partial charge in [-0.2, -0.15) is 5.26 Å². The number of nitriles is 1. The van der Waals surface area contributed by atoms with Crippen LogP contribution in [0.2, 0.25) is 0 Å². The molecule has 4 rings (SSSR count). The molecule has 2 heterocycles. The fourth-order valence-electron chi connectivity index (χ4n) is 3.11. The Morgan fingerprint density at radius 1 is 1.12 bits per heavy atom. The van der Waals surface area contributed by atoms with Crippen LogP contribution in [0.3, 0.4) is 0 Å². The van der Waals surface area contributed by atoms with Crippen LogP contribution in [0, 0.1) is 11.3 Å². The maximum atomic E-state index is 12.0. The van der Waals surface area contributed by atoms with Crippen molar-refractivity contribution in [1.82, 2.24) is 20.2 Å². The van der Waals surface area contributed by atoms with Crippen LogP contribution in [0.25, 0.3) is 11.3 Å². The highest BCUT2D eigenvalue weighted by Crippen LogP contribution is 2.55. The van der Waals surface area contributed by atoms with Crippen molar-refractivity contribution in [3.8, 4) is 17.3 Å². The molecule has 0 aliphatic heterocycles. The molecule has 7 heteroatoms. The highest BCUT2D eigenvalue weighted by atomic mass is 16.2. The molecule has 122 valence electrons. The van der Waals surface area contributed by atoms with Crippen LogP contribution in [0.1, 0.15) is 35.1 Å². The maximum absolute atomic E-state index is 12.0. The molecule has 2 aromatic heterocycles. The van der Waals surface area contributed by atoms with E-state index in [2.05, 4.69) is 38.4 Å². The molecular formula is C18H13N5O2. The van der Waals surface area contributed by atoms with E-state index in [-0.39, 0.29) is 17.2 Å². The van der Waals surface area contributed by atoms with Gasteiger partial charge in [0.25, 0.3) is 5.56 Å². The second-order valence-electron chi connectivity index (χ2n) is 5.99. The van der Waals surface area contributed by atoms with Gasteiger partial charge in [0, 0.05) is 6.20 Å². The Hall–Kier alpha value is -3.53. The molecule has 1 fully saturated rings. The first-order valence-electron chi connectivity index (χ1n) is 7.82. The molecule has 0 radical (unpaired) electrons. The highest BCUT2D eigenvalue weighted by Gasteiger charge is 2.41. The number of hydrogen-bond acceptors (Lipinski definition) is 5. The average molecular weight is 331 g/mol. The Balaban J connectivity index is 1.75. The zero-order chi connectivity index (χ0) is 17.4. The number of rotatable bonds is 3. The van der Waals surface area contributed by atoms with Crippen molar-refractivity contribution in [2.24, 2.45) is 0 Å². The van der Waals surface area contributed by atoms with Gasteiger partial charge in [-0.25, -0.2) is 4.79 Å². The predicted molar refractivity (Wildman–Crippen MR) is 90.0 cm³/mol. The number of benzene rings is 1. The van der Waals surface area contributed by atoms with E-state index in [0.29, 0.717) is 11.6 Å². The van der Waals surface area contributed by atoms with Crippen molar-refractivity contribution < 1.29 is 0 Å². The molecule has 2 N–H and O–H groups in total. The fourth-order valence-corrected chi connectivity index (χ4v) is 3.11. The molecule has 25 heavy (non-hydrogen) atoms. The zero-order valence-corrected chi connectivity index (χ0v) is 13.1. The number of hydrogen-bond donors (Lipinski definition) is 2. The lowest BCUT2D eigenvalue weighted by atomic mass is 10.0. The number of aromatic nitrogens is 4. The van der Waals surface area contributed by atoms with Crippen molar-refractivity contribution in [2.75, 3.05) is 0 Å². The Bertz CT molecular complexity index is 1090. The van der Waals surface area contributed by atoms with Crippen LogP contribution in [0.4, 0.5) is 0 Å². The first-order valence-corrected chi connectivity index (χ1v) is 7.82. The van der Waals surface area contributed by atoms with E-state index in [1.807, 2.05) is 18.2 Å². The van der Waals surface area contributed by atoms with Crippen LogP contribution in [0.15, 0.2) is 52.2 Å². The van der Waals surface area contributed by atoms with Crippen LogP contribution in [0.5, 0.6) is 0 Å². The summed E-state index contributed by atoms with van der Waals surface area (Å²) in [4.78, 5) is 27.7. The fraction of sp³-hybridized carbons (Fsp3) is 0.167. The van der Waals surface area contributed by atoms with Gasteiger partial charge in [0.1, 0.15) is 11.8 Å². The normalized spacial score (nSPS) is 18.5. The molecule has 0 spiro atoms. The van der Waals surface area contributed by atoms with Gasteiger partial charge in [-0.3, -0.25) is 9.78 Å². The maximum Gasteiger partial charge on any atom is 0.325 e. The van der Waals surface area contributed by atoms with Gasteiger partial charge >= 0.3 is 5.69 Å². The summed E-state index contributed by atoms with van der Waals surface area (Å²) in [6.45, 7) is 0. The van der Waals surface area contributed by atoms with Crippen LogP contribution < -0.4 is 11.2 Å². The van der Waals surface area contributed by atoms with Gasteiger partial charge < -0.3 is 4.98 Å². The molecule has 0 saturated heterocycles. The van der Waals surface area contributed by atoms with E-state index in [1.165, 1.54) is 11.8 Å². The minimum Gasteiger partial charge on any atom is -0.313 e. The van der Waals surface area contributed by atoms with Gasteiger partial charge in [-0.15, -0.1) is 10.2 Å². The minimum absolute atomic E-state index is 0.174. The minimum atomic E-state index is -0.582. The standard InChI is InChI=1S/C18H13N5O2/c19-8-16-13(12-6-11(12)10-4-2-1-3-5-10)7-15(22-23-16)14-9-20-18(25)21-17(14)24/h1-5,7,9,11-12H,6H2,(H2,20,21,24,25). The number of H-pyrrole nitrogens is 2. The lowest BCUT2D eigenvalue weighted by Gasteiger charge is -2.05. The Kier molecular flexibility index (Phi) is 3.51. The smallest absolute Gasteiger partial charge is 0.313 e. The highest BCUT2D eigenvalue weighted by molar-refractivity contribution is 5.59. The Morgan fingerprint density at radius 3 is 2.64 bits per heavy atom. The number of nitrogens with one attached hydrogen (secondary N) is 2. The van der Waals surface area contributed by atoms with Gasteiger partial charge in [-0.05, 0) is 35.4 Å². The second kappa shape index (κ2) is 5.83. The summed E-state index contributed by atoms with van der Waals surface area (Å²) < 4.78 is 0. The van der Waals surface area contributed by atoms with E-state index in [1.54, 1.807) is 6.07 Å². The van der Waals surface area contributed by atoms with Crippen molar-refractivity contribution in [2.45, 2.75) is 18.3 Å². The van der Waals surface area contributed by atoms with Crippen molar-refractivity contribution >= 4 is 0 Å². The Labute approximate surface area is 142 Å². The van der Waals surface area contributed by atoms with E-state index in [9.17, 15) is 14.9 Å². The molecular weight excluding hydrogens is 318 g/mol. The van der Waals surface area contributed by atoms with E-state index < -0.39 is 11.2 Å². The summed E-state index contributed by atoms with van der Waals surface area (Å²) in [5.41, 5.74) is 1.71. The monoisotopic (exact) mass is 331 g/mol. The largest absolute Gasteiger partial charge is 0.325 e. The van der Waals surface area contributed by atoms with Crippen molar-refractivity contribution in [3.63, 3.8) is 0 Å². The molecule has 1 aliphatic rings. The van der Waals surface area contributed by atoms with Gasteiger partial charge in [-0.1, -0.05) is 30.3 Å². The first-order chi connectivity index (χ1) is 12.2. The van der Waals surface area contributed by atoms with E-state index in [0.717, 1.165) is 12.0 Å². The topological polar surface area (TPSA) is 115 Å². The molecule has 3 aromatic rings. The SMILES string of the molecule is N#Cc1nnc(-c2c[nH]c(=O)[nH]c2=O)cc1C1CC1c1ccccc1. The summed E-state index contributed by atoms with van der Waals surface area (Å²) >= 11 is 0. The predicted octanol–water partition coefficient (Wildman–Crippen LogP) is 1.66. The van der Waals surface area contributed by atoms with Gasteiger partial charge in [0.15, 0.2) is 5.69 Å². The molecule has 1 aliphatic carbocycles. The lowest BCUT2D eigenvalue weighted by molar-refractivity contribution is 0.934. The lowest BCUT2D eigenvalue weighted by Crippen LogP contribution is -2.23. The summed E-state index contributed by atoms with van der Waals surface area (Å²) in [5.74, 6) is 0.507. The molecule has 2 unspecified atom stereocenters. The second-order valence-corrected chi connectivity index (χ2v) is 5.99. The molecule has 2 atom stereocenters. The molecule has 0 bridgehead atoms. The summed E-state index contributed by atoms with van der Waals surface area (Å²) in [7, 11) is 0.